The van der Waals surface area contributed by atoms with Crippen LogP contribution in [0.1, 0.15) is 6.92 Å². The first-order chi connectivity index (χ1) is 12.9. The van der Waals surface area contributed by atoms with Crippen molar-refractivity contribution in [2.24, 2.45) is 0 Å². The van der Waals surface area contributed by atoms with Gasteiger partial charge in [-0.1, -0.05) is 11.6 Å². The summed E-state index contributed by atoms with van der Waals surface area (Å²) in [5, 5.41) is 6.21. The van der Waals surface area contributed by atoms with E-state index < -0.39 is 6.10 Å². The van der Waals surface area contributed by atoms with Crippen molar-refractivity contribution in [3.05, 3.63) is 52.0 Å². The second kappa shape index (κ2) is 8.63. The molecule has 1 saturated heterocycles. The molecule has 2 aromatic carbocycles. The zero-order valence-corrected chi connectivity index (χ0v) is 17.0. The molecule has 1 aliphatic rings. The van der Waals surface area contributed by atoms with E-state index in [1.54, 1.807) is 25.1 Å². The quantitative estimate of drug-likeness (QED) is 0.729. The normalized spacial score (nSPS) is 15.1. The fourth-order valence-corrected chi connectivity index (χ4v) is 3.45. The van der Waals surface area contributed by atoms with E-state index in [9.17, 15) is 9.59 Å². The number of amides is 2. The molecule has 0 aliphatic carbocycles. The van der Waals surface area contributed by atoms with Crippen molar-refractivity contribution in [1.82, 2.24) is 5.32 Å². The molecule has 0 bridgehead atoms. The van der Waals surface area contributed by atoms with Gasteiger partial charge in [0.15, 0.2) is 6.10 Å². The molecule has 0 aromatic heterocycles. The fourth-order valence-electron chi connectivity index (χ4n) is 2.67. The van der Waals surface area contributed by atoms with Crippen LogP contribution in [-0.4, -0.2) is 37.6 Å². The third-order valence-electron chi connectivity index (χ3n) is 4.11. The summed E-state index contributed by atoms with van der Waals surface area (Å²) in [6.07, 6.45) is -0.687. The highest BCUT2D eigenvalue weighted by Gasteiger charge is 2.18. The Morgan fingerprint density at radius 3 is 2.70 bits per heavy atom. The summed E-state index contributed by atoms with van der Waals surface area (Å²) in [6.45, 7) is 3.41. The van der Waals surface area contributed by atoms with Gasteiger partial charge in [0.05, 0.1) is 11.0 Å². The number of ether oxygens (including phenoxy) is 1. The van der Waals surface area contributed by atoms with Crippen LogP contribution >= 0.6 is 27.5 Å². The molecule has 2 N–H and O–H groups in total. The molecule has 2 aromatic rings. The van der Waals surface area contributed by atoms with Gasteiger partial charge < -0.3 is 20.3 Å². The minimum Gasteiger partial charge on any atom is -0.480 e. The van der Waals surface area contributed by atoms with Crippen LogP contribution in [0.3, 0.4) is 0 Å². The minimum absolute atomic E-state index is 0.0120. The van der Waals surface area contributed by atoms with E-state index in [4.69, 9.17) is 16.3 Å². The van der Waals surface area contributed by atoms with Gasteiger partial charge in [-0.25, -0.2) is 0 Å². The smallest absolute Gasteiger partial charge is 0.265 e. The van der Waals surface area contributed by atoms with Crippen molar-refractivity contribution in [2.45, 2.75) is 13.0 Å². The molecule has 1 fully saturated rings. The van der Waals surface area contributed by atoms with Crippen LogP contribution < -0.4 is 20.3 Å². The van der Waals surface area contributed by atoms with Crippen molar-refractivity contribution < 1.29 is 14.3 Å². The molecule has 1 heterocycles. The standard InChI is InChI=1S/C19H19BrClN3O3/c1-12(27-17-7-2-13(21)10-16(17)20)19(26)23-14-3-5-15(6-4-14)24-9-8-22-18(25)11-24/h2-7,10,12H,8-9,11H2,1H3,(H,22,25)(H,23,26). The van der Waals surface area contributed by atoms with E-state index in [-0.39, 0.29) is 11.8 Å². The molecule has 1 atom stereocenters. The molecular formula is C19H19BrClN3O3. The van der Waals surface area contributed by atoms with Gasteiger partial charge in [0.25, 0.3) is 5.91 Å². The van der Waals surface area contributed by atoms with E-state index in [2.05, 4.69) is 26.6 Å². The maximum atomic E-state index is 12.4. The number of anilines is 2. The van der Waals surface area contributed by atoms with Crippen molar-refractivity contribution in [3.8, 4) is 5.75 Å². The lowest BCUT2D eigenvalue weighted by Crippen LogP contribution is -2.47. The number of carbonyl (C=O) groups is 2. The monoisotopic (exact) mass is 451 g/mol. The van der Waals surface area contributed by atoms with Gasteiger partial charge in [-0.15, -0.1) is 0 Å². The maximum Gasteiger partial charge on any atom is 0.265 e. The van der Waals surface area contributed by atoms with Crippen LogP contribution in [-0.2, 0) is 9.59 Å². The summed E-state index contributed by atoms with van der Waals surface area (Å²) in [4.78, 5) is 25.9. The van der Waals surface area contributed by atoms with Crippen LogP contribution in [0.15, 0.2) is 46.9 Å². The third kappa shape index (κ3) is 5.14. The predicted octanol–water partition coefficient (Wildman–Crippen LogP) is 3.44. The second-order valence-corrected chi connectivity index (χ2v) is 7.43. The highest BCUT2D eigenvalue weighted by atomic mass is 79.9. The highest BCUT2D eigenvalue weighted by molar-refractivity contribution is 9.10. The maximum absolute atomic E-state index is 12.4. The van der Waals surface area contributed by atoms with Crippen LogP contribution in [0, 0.1) is 0 Å². The SMILES string of the molecule is CC(Oc1ccc(Cl)cc1Br)C(=O)Nc1ccc(N2CCNC(=O)C2)cc1. The molecule has 0 saturated carbocycles. The van der Waals surface area contributed by atoms with Gasteiger partial charge in [0.1, 0.15) is 5.75 Å². The number of nitrogens with zero attached hydrogens (tertiary/aromatic N) is 1. The van der Waals surface area contributed by atoms with Crippen LogP contribution in [0.2, 0.25) is 5.02 Å². The van der Waals surface area contributed by atoms with Gasteiger partial charge in [-0.2, -0.15) is 0 Å². The average Bonchev–Trinajstić information content (AvgIpc) is 2.64. The molecule has 2 amide bonds. The Morgan fingerprint density at radius 1 is 1.30 bits per heavy atom. The summed E-state index contributed by atoms with van der Waals surface area (Å²) in [5.41, 5.74) is 1.60. The van der Waals surface area contributed by atoms with Crippen molar-refractivity contribution >= 4 is 50.7 Å². The van der Waals surface area contributed by atoms with Gasteiger partial charge in [0.2, 0.25) is 5.91 Å². The van der Waals surface area contributed by atoms with E-state index >= 15 is 0 Å². The Balaban J connectivity index is 1.59. The van der Waals surface area contributed by atoms with Gasteiger partial charge in [-0.05, 0) is 65.3 Å². The predicted molar refractivity (Wildman–Crippen MR) is 110 cm³/mol. The first-order valence-electron chi connectivity index (χ1n) is 8.46. The Bertz CT molecular complexity index is 845. The molecule has 3 rings (SSSR count). The summed E-state index contributed by atoms with van der Waals surface area (Å²) in [6, 6.07) is 12.5. The number of benzene rings is 2. The minimum atomic E-state index is -0.687. The van der Waals surface area contributed by atoms with Crippen LogP contribution in [0.4, 0.5) is 11.4 Å². The summed E-state index contributed by atoms with van der Waals surface area (Å²) in [5.74, 6) is 0.292. The van der Waals surface area contributed by atoms with E-state index in [0.717, 1.165) is 12.2 Å². The van der Waals surface area contributed by atoms with E-state index in [1.807, 2.05) is 29.2 Å². The summed E-state index contributed by atoms with van der Waals surface area (Å²) in [7, 11) is 0. The lowest BCUT2D eigenvalue weighted by molar-refractivity contribution is -0.122. The zero-order chi connectivity index (χ0) is 19.4. The third-order valence-corrected chi connectivity index (χ3v) is 4.96. The molecule has 1 aliphatic heterocycles. The molecule has 0 spiro atoms. The second-order valence-electron chi connectivity index (χ2n) is 6.14. The van der Waals surface area contributed by atoms with Gasteiger partial charge >= 0.3 is 0 Å². The molecule has 142 valence electrons. The molecule has 8 heteroatoms. The molecule has 6 nitrogen and oxygen atoms in total. The average molecular weight is 453 g/mol. The Labute approximate surface area is 171 Å². The van der Waals surface area contributed by atoms with Crippen LogP contribution in [0.25, 0.3) is 0 Å². The van der Waals surface area contributed by atoms with E-state index in [1.165, 1.54) is 0 Å². The lowest BCUT2D eigenvalue weighted by atomic mass is 10.2. The summed E-state index contributed by atoms with van der Waals surface area (Å²) < 4.78 is 6.38. The highest BCUT2D eigenvalue weighted by Crippen LogP contribution is 2.29. The van der Waals surface area contributed by atoms with E-state index in [0.29, 0.717) is 34.0 Å². The van der Waals surface area contributed by atoms with Gasteiger partial charge in [0, 0.05) is 29.5 Å². The largest absolute Gasteiger partial charge is 0.480 e. The Hall–Kier alpha value is -2.25. The van der Waals surface area contributed by atoms with Crippen molar-refractivity contribution in [2.75, 3.05) is 29.9 Å². The topological polar surface area (TPSA) is 70.7 Å². The van der Waals surface area contributed by atoms with Crippen molar-refractivity contribution in [3.63, 3.8) is 0 Å². The lowest BCUT2D eigenvalue weighted by Gasteiger charge is -2.28. The van der Waals surface area contributed by atoms with Crippen molar-refractivity contribution in [1.29, 1.82) is 0 Å². The number of carbonyl (C=O) groups excluding carboxylic acids is 2. The number of nitrogens with one attached hydrogen (secondary N) is 2. The first-order valence-corrected chi connectivity index (χ1v) is 9.64. The number of piperazine rings is 1. The first kappa shape index (κ1) is 19.5. The number of rotatable bonds is 5. The Morgan fingerprint density at radius 2 is 2.04 bits per heavy atom. The number of hydrogen-bond donors (Lipinski definition) is 2. The molecule has 1 unspecified atom stereocenters. The zero-order valence-electron chi connectivity index (χ0n) is 14.7. The molecular weight excluding hydrogens is 434 g/mol. The van der Waals surface area contributed by atoms with Crippen LogP contribution in [0.5, 0.6) is 5.75 Å². The number of halogens is 2. The fraction of sp³-hybridized carbons (Fsp3) is 0.263. The molecule has 27 heavy (non-hydrogen) atoms. The Kier molecular flexibility index (Phi) is 6.23. The summed E-state index contributed by atoms with van der Waals surface area (Å²) >= 11 is 9.28. The van der Waals surface area contributed by atoms with Gasteiger partial charge in [-0.3, -0.25) is 9.59 Å². The number of hydrogen-bond acceptors (Lipinski definition) is 4. The molecule has 0 radical (unpaired) electrons.